The molecule has 0 saturated carbocycles. The van der Waals surface area contributed by atoms with Crippen LogP contribution in [0.1, 0.15) is 29.4 Å². The molecule has 1 rings (SSSR count). The van der Waals surface area contributed by atoms with Crippen molar-refractivity contribution in [3.63, 3.8) is 0 Å². The van der Waals surface area contributed by atoms with E-state index in [2.05, 4.69) is 5.32 Å². The predicted octanol–water partition coefficient (Wildman–Crippen LogP) is 1.38. The zero-order valence-corrected chi connectivity index (χ0v) is 12.9. The average Bonchev–Trinajstić information content (AvgIpc) is 2.83. The maximum Gasteiger partial charge on any atom is 0.308 e. The van der Waals surface area contributed by atoms with E-state index in [0.717, 1.165) is 17.6 Å². The summed E-state index contributed by atoms with van der Waals surface area (Å²) in [6, 6.07) is 2.79. The van der Waals surface area contributed by atoms with Gasteiger partial charge in [-0.1, -0.05) is 13.3 Å². The highest BCUT2D eigenvalue weighted by Crippen LogP contribution is 2.21. The topological polar surface area (TPSA) is 101 Å². The van der Waals surface area contributed by atoms with Gasteiger partial charge in [0.2, 0.25) is 0 Å². The lowest BCUT2D eigenvalue weighted by molar-refractivity contribution is -0.141. The lowest BCUT2D eigenvalue weighted by atomic mass is 10.0. The molecule has 0 bridgehead atoms. The Bertz CT molecular complexity index is 591. The largest absolute Gasteiger partial charge is 0.481 e. The number of hydrogen-bond acceptors (Lipinski definition) is 5. The zero-order valence-electron chi connectivity index (χ0n) is 11.3. The summed E-state index contributed by atoms with van der Waals surface area (Å²) in [5, 5.41) is 11.5. The molecule has 2 N–H and O–H groups in total. The number of carboxylic acid groups (broad SMARTS) is 1. The summed E-state index contributed by atoms with van der Waals surface area (Å²) in [5.74, 6) is -2.03. The van der Waals surface area contributed by atoms with Gasteiger partial charge >= 0.3 is 5.97 Å². The first-order chi connectivity index (χ1) is 9.25. The molecule has 1 aromatic rings. The van der Waals surface area contributed by atoms with Crippen molar-refractivity contribution in [1.82, 2.24) is 5.32 Å². The van der Waals surface area contributed by atoms with Crippen LogP contribution in [0.25, 0.3) is 0 Å². The van der Waals surface area contributed by atoms with Crippen LogP contribution in [0.2, 0.25) is 0 Å². The van der Waals surface area contributed by atoms with Crippen LogP contribution in [0.3, 0.4) is 0 Å². The third-order valence-corrected chi connectivity index (χ3v) is 5.57. The normalized spacial score (nSPS) is 12.9. The van der Waals surface area contributed by atoms with Gasteiger partial charge in [-0.25, -0.2) is 8.42 Å². The number of carbonyl (C=O) groups excluding carboxylic acids is 1. The molecule has 1 amide bonds. The van der Waals surface area contributed by atoms with Crippen molar-refractivity contribution < 1.29 is 23.1 Å². The average molecular weight is 319 g/mol. The van der Waals surface area contributed by atoms with E-state index in [0.29, 0.717) is 12.8 Å². The third kappa shape index (κ3) is 4.61. The lowest BCUT2D eigenvalue weighted by Crippen LogP contribution is -2.32. The number of aliphatic carboxylic acids is 1. The van der Waals surface area contributed by atoms with Crippen LogP contribution in [-0.2, 0) is 14.6 Å². The summed E-state index contributed by atoms with van der Waals surface area (Å²) >= 11 is 0.874. The summed E-state index contributed by atoms with van der Waals surface area (Å²) < 4.78 is 22.7. The molecule has 0 spiro atoms. The van der Waals surface area contributed by atoms with Gasteiger partial charge in [0.15, 0.2) is 9.84 Å². The highest BCUT2D eigenvalue weighted by Gasteiger charge is 2.19. The minimum atomic E-state index is -3.32. The molecule has 1 aromatic heterocycles. The monoisotopic (exact) mass is 319 g/mol. The summed E-state index contributed by atoms with van der Waals surface area (Å²) in [6.45, 7) is 1.91. The molecule has 6 nitrogen and oxygen atoms in total. The number of hydrogen-bond donors (Lipinski definition) is 2. The number of carbonyl (C=O) groups is 2. The van der Waals surface area contributed by atoms with Crippen molar-refractivity contribution >= 4 is 33.1 Å². The fourth-order valence-electron chi connectivity index (χ4n) is 1.61. The van der Waals surface area contributed by atoms with Gasteiger partial charge in [0.25, 0.3) is 5.91 Å². The van der Waals surface area contributed by atoms with Gasteiger partial charge in [-0.05, 0) is 18.6 Å². The molecule has 0 fully saturated rings. The summed E-state index contributed by atoms with van der Waals surface area (Å²) in [4.78, 5) is 23.0. The Kier molecular flexibility index (Phi) is 5.70. The first-order valence-electron chi connectivity index (χ1n) is 6.06. The first-order valence-corrected chi connectivity index (χ1v) is 8.77. The van der Waals surface area contributed by atoms with Crippen LogP contribution < -0.4 is 5.32 Å². The number of thiophene rings is 1. The molecule has 1 heterocycles. The van der Waals surface area contributed by atoms with E-state index in [4.69, 9.17) is 5.11 Å². The third-order valence-electron chi connectivity index (χ3n) is 2.67. The van der Waals surface area contributed by atoms with E-state index < -0.39 is 27.6 Å². The van der Waals surface area contributed by atoms with Crippen LogP contribution >= 0.6 is 11.3 Å². The quantitative estimate of drug-likeness (QED) is 0.791. The molecule has 0 aliphatic heterocycles. The molecule has 1 unspecified atom stereocenters. The lowest BCUT2D eigenvalue weighted by Gasteiger charge is -2.11. The van der Waals surface area contributed by atoms with Gasteiger partial charge in [-0.3, -0.25) is 9.59 Å². The minimum absolute atomic E-state index is 0.0358. The predicted molar refractivity (Wildman–Crippen MR) is 75.8 cm³/mol. The van der Waals surface area contributed by atoms with Crippen molar-refractivity contribution in [2.45, 2.75) is 24.0 Å². The van der Waals surface area contributed by atoms with Crippen LogP contribution in [0, 0.1) is 5.92 Å². The van der Waals surface area contributed by atoms with Gasteiger partial charge < -0.3 is 10.4 Å². The van der Waals surface area contributed by atoms with E-state index in [1.54, 1.807) is 0 Å². The Morgan fingerprint density at radius 1 is 1.40 bits per heavy atom. The Morgan fingerprint density at radius 3 is 2.50 bits per heavy atom. The second-order valence-electron chi connectivity index (χ2n) is 4.42. The fraction of sp³-hybridized carbons (Fsp3) is 0.500. The van der Waals surface area contributed by atoms with Gasteiger partial charge in [-0.15, -0.1) is 11.3 Å². The maximum atomic E-state index is 11.8. The highest BCUT2D eigenvalue weighted by molar-refractivity contribution is 7.92. The fourth-order valence-corrected chi connectivity index (χ4v) is 3.45. The number of carboxylic acids is 1. The van der Waals surface area contributed by atoms with Crippen molar-refractivity contribution in [2.75, 3.05) is 12.8 Å². The van der Waals surface area contributed by atoms with Gasteiger partial charge in [-0.2, -0.15) is 0 Å². The molecule has 0 aromatic carbocycles. The molecule has 0 radical (unpaired) electrons. The number of amides is 1. The molecule has 112 valence electrons. The van der Waals surface area contributed by atoms with Crippen LogP contribution in [-0.4, -0.2) is 38.2 Å². The number of rotatable bonds is 7. The smallest absolute Gasteiger partial charge is 0.308 e. The van der Waals surface area contributed by atoms with Gasteiger partial charge in [0.1, 0.15) is 4.21 Å². The molecule has 1 atom stereocenters. The first kappa shape index (κ1) is 16.6. The van der Waals surface area contributed by atoms with E-state index in [1.807, 2.05) is 6.92 Å². The molecule has 20 heavy (non-hydrogen) atoms. The molecule has 0 saturated heterocycles. The van der Waals surface area contributed by atoms with Gasteiger partial charge in [0.05, 0.1) is 10.8 Å². The molecule has 8 heteroatoms. The van der Waals surface area contributed by atoms with Crippen molar-refractivity contribution in [1.29, 1.82) is 0 Å². The van der Waals surface area contributed by atoms with E-state index in [1.165, 1.54) is 12.1 Å². The second kappa shape index (κ2) is 6.85. The Labute approximate surface area is 121 Å². The van der Waals surface area contributed by atoms with Crippen molar-refractivity contribution in [3.05, 3.63) is 17.0 Å². The van der Waals surface area contributed by atoms with Crippen molar-refractivity contribution in [3.8, 4) is 0 Å². The summed E-state index contributed by atoms with van der Waals surface area (Å²) in [6.07, 6.45) is 2.26. The maximum absolute atomic E-state index is 11.8. The van der Waals surface area contributed by atoms with Crippen LogP contribution in [0.4, 0.5) is 0 Å². The SMILES string of the molecule is CCCC(CNC(=O)c1ccc(S(C)(=O)=O)s1)C(=O)O. The summed E-state index contributed by atoms with van der Waals surface area (Å²) in [5.41, 5.74) is 0. The van der Waals surface area contributed by atoms with E-state index >= 15 is 0 Å². The molecular weight excluding hydrogens is 302 g/mol. The number of nitrogens with one attached hydrogen (secondary N) is 1. The Morgan fingerprint density at radius 2 is 2.05 bits per heavy atom. The zero-order chi connectivity index (χ0) is 15.3. The van der Waals surface area contributed by atoms with Crippen molar-refractivity contribution in [2.24, 2.45) is 5.92 Å². The second-order valence-corrected chi connectivity index (χ2v) is 7.75. The molecular formula is C12H17NO5S2. The molecule has 0 aliphatic rings. The van der Waals surface area contributed by atoms with E-state index in [9.17, 15) is 18.0 Å². The molecule has 0 aliphatic carbocycles. The Balaban J connectivity index is 2.67. The summed E-state index contributed by atoms with van der Waals surface area (Å²) in [7, 11) is -3.32. The number of sulfone groups is 1. The van der Waals surface area contributed by atoms with Gasteiger partial charge in [0, 0.05) is 12.8 Å². The van der Waals surface area contributed by atoms with Crippen LogP contribution in [0.15, 0.2) is 16.3 Å². The standard InChI is InChI=1S/C12H17NO5S2/c1-3-4-8(12(15)16)7-13-11(14)9-5-6-10(19-9)20(2,17)18/h5-6,8H,3-4,7H2,1-2H3,(H,13,14)(H,15,16). The van der Waals surface area contributed by atoms with E-state index in [-0.39, 0.29) is 15.6 Å². The Hall–Kier alpha value is -1.41. The highest BCUT2D eigenvalue weighted by atomic mass is 32.2. The minimum Gasteiger partial charge on any atom is -0.481 e. The van der Waals surface area contributed by atoms with Crippen LogP contribution in [0.5, 0.6) is 0 Å².